The lowest BCUT2D eigenvalue weighted by molar-refractivity contribution is -0.138. The molecule has 0 aromatic heterocycles. The second kappa shape index (κ2) is 4.12. The van der Waals surface area contributed by atoms with Crippen LogP contribution in [-0.2, 0) is 4.79 Å². The smallest absolute Gasteiger partial charge is 0.243 e. The monoisotopic (exact) mass is 210 g/mol. The average molecular weight is 210 g/mol. The van der Waals surface area contributed by atoms with Gasteiger partial charge in [-0.25, -0.2) is 0 Å². The zero-order chi connectivity index (χ0) is 10.9. The molecule has 0 aromatic rings. The van der Waals surface area contributed by atoms with Crippen LogP contribution in [0.15, 0.2) is 0 Å². The van der Waals surface area contributed by atoms with Gasteiger partial charge in [-0.3, -0.25) is 4.79 Å². The Morgan fingerprint density at radius 2 is 2.33 bits per heavy atom. The van der Waals surface area contributed by atoms with E-state index in [4.69, 9.17) is 0 Å². The van der Waals surface area contributed by atoms with Crippen molar-refractivity contribution in [2.45, 2.75) is 57.5 Å². The molecular formula is C12H22N2O. The molecule has 15 heavy (non-hydrogen) atoms. The summed E-state index contributed by atoms with van der Waals surface area (Å²) in [6, 6.07) is 0.448. The van der Waals surface area contributed by atoms with Gasteiger partial charge < -0.3 is 10.2 Å². The summed E-state index contributed by atoms with van der Waals surface area (Å²) in [5.74, 6) is 0.354. The number of likely N-dealkylation sites (tertiary alicyclic amines) is 1. The summed E-state index contributed by atoms with van der Waals surface area (Å²) < 4.78 is 0. The van der Waals surface area contributed by atoms with Gasteiger partial charge in [0.25, 0.3) is 0 Å². The number of nitrogens with one attached hydrogen (secondary N) is 1. The second-order valence-corrected chi connectivity index (χ2v) is 4.96. The Morgan fingerprint density at radius 1 is 1.53 bits per heavy atom. The first-order chi connectivity index (χ1) is 7.19. The highest BCUT2D eigenvalue weighted by atomic mass is 16.2. The van der Waals surface area contributed by atoms with E-state index < -0.39 is 0 Å². The van der Waals surface area contributed by atoms with Gasteiger partial charge >= 0.3 is 0 Å². The molecule has 0 bridgehead atoms. The first-order valence-electron chi connectivity index (χ1n) is 6.26. The Balaban J connectivity index is 2.11. The van der Waals surface area contributed by atoms with Crippen LogP contribution in [0.4, 0.5) is 0 Å². The van der Waals surface area contributed by atoms with Crippen LogP contribution in [0.5, 0.6) is 0 Å². The summed E-state index contributed by atoms with van der Waals surface area (Å²) in [7, 11) is 0. The molecule has 2 fully saturated rings. The summed E-state index contributed by atoms with van der Waals surface area (Å²) in [5.41, 5.74) is -0.224. The minimum atomic E-state index is -0.224. The van der Waals surface area contributed by atoms with Crippen LogP contribution in [0.2, 0.25) is 0 Å². The number of carbonyl (C=O) groups is 1. The fourth-order valence-corrected chi connectivity index (χ4v) is 2.95. The lowest BCUT2D eigenvalue weighted by Gasteiger charge is -2.34. The first kappa shape index (κ1) is 10.9. The molecule has 1 amide bonds. The maximum Gasteiger partial charge on any atom is 0.243 e. The van der Waals surface area contributed by atoms with E-state index in [1.807, 2.05) is 0 Å². The van der Waals surface area contributed by atoms with Gasteiger partial charge in [-0.15, -0.1) is 0 Å². The van der Waals surface area contributed by atoms with E-state index in [1.165, 1.54) is 12.8 Å². The molecule has 2 unspecified atom stereocenters. The molecule has 2 aliphatic heterocycles. The van der Waals surface area contributed by atoms with Gasteiger partial charge in [-0.1, -0.05) is 6.92 Å². The van der Waals surface area contributed by atoms with E-state index in [1.54, 1.807) is 0 Å². The highest BCUT2D eigenvalue weighted by Crippen LogP contribution is 2.29. The molecule has 1 N–H and O–H groups in total. The fourth-order valence-electron chi connectivity index (χ4n) is 2.95. The minimum Gasteiger partial charge on any atom is -0.338 e. The molecule has 0 spiro atoms. The van der Waals surface area contributed by atoms with Gasteiger partial charge in [-0.05, 0) is 45.6 Å². The summed E-state index contributed by atoms with van der Waals surface area (Å²) >= 11 is 0. The minimum absolute atomic E-state index is 0.224. The van der Waals surface area contributed by atoms with E-state index in [0.29, 0.717) is 11.9 Å². The number of hydrogen-bond acceptors (Lipinski definition) is 2. The van der Waals surface area contributed by atoms with Gasteiger partial charge in [-0.2, -0.15) is 0 Å². The van der Waals surface area contributed by atoms with Crippen molar-refractivity contribution in [3.8, 4) is 0 Å². The Hall–Kier alpha value is -0.570. The van der Waals surface area contributed by atoms with Crippen LogP contribution < -0.4 is 5.32 Å². The molecule has 0 radical (unpaired) electrons. The number of hydrogen-bond donors (Lipinski definition) is 1. The van der Waals surface area contributed by atoms with E-state index in [2.05, 4.69) is 24.1 Å². The zero-order valence-corrected chi connectivity index (χ0v) is 9.88. The lowest BCUT2D eigenvalue weighted by Crippen LogP contribution is -2.55. The quantitative estimate of drug-likeness (QED) is 0.749. The van der Waals surface area contributed by atoms with E-state index >= 15 is 0 Å². The standard InChI is InChI=1S/C12H22N2O/c1-3-12(7-5-8-13-12)11(15)14-9-4-6-10(14)2/h10,13H,3-9H2,1-2H3. The second-order valence-electron chi connectivity index (χ2n) is 4.96. The van der Waals surface area contributed by atoms with Crippen molar-refractivity contribution in [1.82, 2.24) is 10.2 Å². The predicted molar refractivity (Wildman–Crippen MR) is 60.7 cm³/mol. The van der Waals surface area contributed by atoms with Crippen LogP contribution in [0, 0.1) is 0 Å². The topological polar surface area (TPSA) is 32.3 Å². The molecule has 2 aliphatic rings. The van der Waals surface area contributed by atoms with Crippen molar-refractivity contribution in [2.75, 3.05) is 13.1 Å². The summed E-state index contributed by atoms with van der Waals surface area (Å²) in [6.45, 7) is 6.26. The normalized spacial score (nSPS) is 36.1. The Bertz CT molecular complexity index is 246. The average Bonchev–Trinajstić information content (AvgIpc) is 2.86. The molecule has 2 atom stereocenters. The van der Waals surface area contributed by atoms with Gasteiger partial charge in [0.1, 0.15) is 0 Å². The Morgan fingerprint density at radius 3 is 2.80 bits per heavy atom. The largest absolute Gasteiger partial charge is 0.338 e. The molecule has 3 nitrogen and oxygen atoms in total. The summed E-state index contributed by atoms with van der Waals surface area (Å²) in [6.07, 6.45) is 5.43. The van der Waals surface area contributed by atoms with Gasteiger partial charge in [0, 0.05) is 12.6 Å². The Kier molecular flexibility index (Phi) is 3.01. The van der Waals surface area contributed by atoms with Crippen molar-refractivity contribution in [3.63, 3.8) is 0 Å². The molecule has 0 aliphatic carbocycles. The third kappa shape index (κ3) is 1.78. The summed E-state index contributed by atoms with van der Waals surface area (Å²) in [4.78, 5) is 14.6. The van der Waals surface area contributed by atoms with Gasteiger partial charge in [0.15, 0.2) is 0 Å². The van der Waals surface area contributed by atoms with E-state index in [-0.39, 0.29) is 5.54 Å². The molecule has 2 heterocycles. The SMILES string of the molecule is CCC1(C(=O)N2CCCC2C)CCCN1. The predicted octanol–water partition coefficient (Wildman–Crippen LogP) is 1.53. The Labute approximate surface area is 92.2 Å². The van der Waals surface area contributed by atoms with Crippen molar-refractivity contribution >= 4 is 5.91 Å². The van der Waals surface area contributed by atoms with Crippen molar-refractivity contribution in [3.05, 3.63) is 0 Å². The molecular weight excluding hydrogens is 188 g/mol. The number of nitrogens with zero attached hydrogens (tertiary/aromatic N) is 1. The van der Waals surface area contributed by atoms with Crippen molar-refractivity contribution < 1.29 is 4.79 Å². The first-order valence-corrected chi connectivity index (χ1v) is 6.26. The van der Waals surface area contributed by atoms with Crippen LogP contribution in [0.1, 0.15) is 46.0 Å². The maximum atomic E-state index is 12.5. The van der Waals surface area contributed by atoms with Crippen LogP contribution in [0.25, 0.3) is 0 Å². The lowest BCUT2D eigenvalue weighted by atomic mass is 9.92. The molecule has 2 saturated heterocycles. The highest BCUT2D eigenvalue weighted by Gasteiger charge is 2.43. The summed E-state index contributed by atoms with van der Waals surface area (Å²) in [5, 5.41) is 3.43. The van der Waals surface area contributed by atoms with E-state index in [9.17, 15) is 4.79 Å². The van der Waals surface area contributed by atoms with Gasteiger partial charge in [0.2, 0.25) is 5.91 Å². The maximum absolute atomic E-state index is 12.5. The van der Waals surface area contributed by atoms with Crippen LogP contribution >= 0.6 is 0 Å². The van der Waals surface area contributed by atoms with Gasteiger partial charge in [0.05, 0.1) is 5.54 Å². The number of carbonyl (C=O) groups excluding carboxylic acids is 1. The van der Waals surface area contributed by atoms with Crippen LogP contribution in [-0.4, -0.2) is 35.5 Å². The highest BCUT2D eigenvalue weighted by molar-refractivity contribution is 5.87. The molecule has 86 valence electrons. The van der Waals surface area contributed by atoms with Crippen molar-refractivity contribution in [1.29, 1.82) is 0 Å². The molecule has 0 saturated carbocycles. The third-order valence-corrected chi connectivity index (χ3v) is 4.07. The molecule has 0 aromatic carbocycles. The molecule has 3 heteroatoms. The molecule has 2 rings (SSSR count). The third-order valence-electron chi connectivity index (χ3n) is 4.07. The number of rotatable bonds is 2. The van der Waals surface area contributed by atoms with Crippen LogP contribution in [0.3, 0.4) is 0 Å². The fraction of sp³-hybridized carbons (Fsp3) is 0.917. The number of amides is 1. The van der Waals surface area contributed by atoms with Crippen molar-refractivity contribution in [2.24, 2.45) is 0 Å². The zero-order valence-electron chi connectivity index (χ0n) is 9.88. The van der Waals surface area contributed by atoms with E-state index in [0.717, 1.165) is 32.4 Å².